The van der Waals surface area contributed by atoms with Crippen molar-refractivity contribution in [3.8, 4) is 5.75 Å². The number of carbonyl (C=O) groups is 2. The van der Waals surface area contributed by atoms with Gasteiger partial charge in [-0.15, -0.1) is 0 Å². The predicted octanol–water partition coefficient (Wildman–Crippen LogP) is 4.29. The Labute approximate surface area is 202 Å². The summed E-state index contributed by atoms with van der Waals surface area (Å²) in [5, 5.41) is 3.86. The Hall–Kier alpha value is -3.55. The Morgan fingerprint density at radius 2 is 1.71 bits per heavy atom. The summed E-state index contributed by atoms with van der Waals surface area (Å²) in [5.74, 6) is 0.194. The van der Waals surface area contributed by atoms with Crippen LogP contribution in [-0.4, -0.2) is 55.8 Å². The standard InChI is InChI=1S/C26H24ClN3O4/c27-20-9-3-5-11-22(20)30-24(28-21-10-4-1-7-18(21)26(30)32)17-34-23-12-6-2-8-19(23)25(31)29-13-15-33-16-14-29/h1-12,24,28H,13-17H2. The van der Waals surface area contributed by atoms with Crippen LogP contribution in [0.1, 0.15) is 20.7 Å². The van der Waals surface area contributed by atoms with E-state index in [2.05, 4.69) is 5.32 Å². The summed E-state index contributed by atoms with van der Waals surface area (Å²) in [4.78, 5) is 30.0. The van der Waals surface area contributed by atoms with Crippen LogP contribution in [0.25, 0.3) is 0 Å². The number of hydrogen-bond acceptors (Lipinski definition) is 5. The first-order chi connectivity index (χ1) is 16.6. The summed E-state index contributed by atoms with van der Waals surface area (Å²) < 4.78 is 11.5. The van der Waals surface area contributed by atoms with Crippen molar-refractivity contribution in [3.05, 3.63) is 88.9 Å². The number of nitrogens with one attached hydrogen (secondary N) is 1. The van der Waals surface area contributed by atoms with Crippen molar-refractivity contribution in [2.24, 2.45) is 0 Å². The lowest BCUT2D eigenvalue weighted by Gasteiger charge is -2.38. The summed E-state index contributed by atoms with van der Waals surface area (Å²) in [6.45, 7) is 2.24. The lowest BCUT2D eigenvalue weighted by molar-refractivity contribution is 0.0300. The third-order valence-electron chi connectivity index (χ3n) is 5.93. The molecule has 174 valence electrons. The lowest BCUT2D eigenvalue weighted by Crippen LogP contribution is -2.52. The molecule has 0 spiro atoms. The maximum atomic E-state index is 13.5. The Kier molecular flexibility index (Phi) is 6.38. The van der Waals surface area contributed by atoms with Crippen LogP contribution >= 0.6 is 11.6 Å². The van der Waals surface area contributed by atoms with Crippen LogP contribution in [0.4, 0.5) is 11.4 Å². The van der Waals surface area contributed by atoms with Gasteiger partial charge < -0.3 is 19.7 Å². The van der Waals surface area contributed by atoms with Crippen molar-refractivity contribution in [1.29, 1.82) is 0 Å². The van der Waals surface area contributed by atoms with Crippen LogP contribution in [-0.2, 0) is 4.74 Å². The molecule has 5 rings (SSSR count). The van der Waals surface area contributed by atoms with E-state index in [1.54, 1.807) is 40.1 Å². The van der Waals surface area contributed by atoms with Crippen LogP contribution in [0.3, 0.4) is 0 Å². The number of hydrogen-bond donors (Lipinski definition) is 1. The average Bonchev–Trinajstić information content (AvgIpc) is 2.88. The second-order valence-corrected chi connectivity index (χ2v) is 8.45. The molecule has 0 aromatic heterocycles. The van der Waals surface area contributed by atoms with Crippen LogP contribution < -0.4 is 15.0 Å². The zero-order valence-corrected chi connectivity index (χ0v) is 19.2. The third-order valence-corrected chi connectivity index (χ3v) is 6.25. The molecule has 3 aromatic carbocycles. The molecule has 2 amide bonds. The fourth-order valence-corrected chi connectivity index (χ4v) is 4.45. The van der Waals surface area contributed by atoms with Crippen molar-refractivity contribution in [2.75, 3.05) is 43.1 Å². The largest absolute Gasteiger partial charge is 0.489 e. The highest BCUT2D eigenvalue weighted by atomic mass is 35.5. The summed E-state index contributed by atoms with van der Waals surface area (Å²) in [5.41, 5.74) is 2.35. The molecular formula is C26H24ClN3O4. The Balaban J connectivity index is 1.43. The summed E-state index contributed by atoms with van der Waals surface area (Å²) in [7, 11) is 0. The molecule has 0 aliphatic carbocycles. The number of para-hydroxylation sites is 3. The number of ether oxygens (including phenoxy) is 2. The molecule has 2 aliphatic heterocycles. The van der Waals surface area contributed by atoms with Crippen molar-refractivity contribution < 1.29 is 19.1 Å². The van der Waals surface area contributed by atoms with Crippen LogP contribution in [0.15, 0.2) is 72.8 Å². The van der Waals surface area contributed by atoms with E-state index >= 15 is 0 Å². The average molecular weight is 478 g/mol. The zero-order valence-electron chi connectivity index (χ0n) is 18.4. The lowest BCUT2D eigenvalue weighted by atomic mass is 10.1. The number of benzene rings is 3. The number of amides is 2. The minimum absolute atomic E-state index is 0.0973. The minimum Gasteiger partial charge on any atom is -0.489 e. The van der Waals surface area contributed by atoms with Gasteiger partial charge in [0.1, 0.15) is 18.5 Å². The van der Waals surface area contributed by atoms with Gasteiger partial charge in [-0.25, -0.2) is 0 Å². The molecule has 7 nitrogen and oxygen atoms in total. The molecule has 0 bridgehead atoms. The van der Waals surface area contributed by atoms with Gasteiger partial charge in [0.15, 0.2) is 0 Å². The molecule has 34 heavy (non-hydrogen) atoms. The van der Waals surface area contributed by atoms with E-state index in [-0.39, 0.29) is 18.4 Å². The first-order valence-corrected chi connectivity index (χ1v) is 11.5. The Morgan fingerprint density at radius 1 is 1.00 bits per heavy atom. The van der Waals surface area contributed by atoms with Gasteiger partial charge in [-0.2, -0.15) is 0 Å². The van der Waals surface area contributed by atoms with Gasteiger partial charge in [-0.05, 0) is 36.4 Å². The highest BCUT2D eigenvalue weighted by Gasteiger charge is 2.34. The van der Waals surface area contributed by atoms with Gasteiger partial charge in [-0.3, -0.25) is 14.5 Å². The SMILES string of the molecule is O=C(c1ccccc1OCC1Nc2ccccc2C(=O)N1c1ccccc1Cl)N1CCOCC1. The molecule has 0 saturated carbocycles. The van der Waals surface area contributed by atoms with E-state index in [1.807, 2.05) is 42.5 Å². The van der Waals surface area contributed by atoms with Gasteiger partial charge >= 0.3 is 0 Å². The number of fused-ring (bicyclic) bond motifs is 1. The summed E-state index contributed by atoms with van der Waals surface area (Å²) >= 11 is 6.46. The van der Waals surface area contributed by atoms with Gasteiger partial charge in [-0.1, -0.05) is 48.0 Å². The number of carbonyl (C=O) groups excluding carboxylic acids is 2. The maximum Gasteiger partial charge on any atom is 0.262 e. The van der Waals surface area contributed by atoms with Gasteiger partial charge in [0.05, 0.1) is 35.1 Å². The van der Waals surface area contributed by atoms with E-state index < -0.39 is 6.17 Å². The molecule has 2 aliphatic rings. The molecule has 1 unspecified atom stereocenters. The predicted molar refractivity (Wildman–Crippen MR) is 131 cm³/mol. The summed E-state index contributed by atoms with van der Waals surface area (Å²) in [6, 6.07) is 21.7. The molecule has 2 heterocycles. The second kappa shape index (κ2) is 9.75. The molecule has 1 saturated heterocycles. The van der Waals surface area contributed by atoms with Crippen molar-refractivity contribution in [3.63, 3.8) is 0 Å². The number of rotatable bonds is 5. The normalized spacial score (nSPS) is 17.7. The van der Waals surface area contributed by atoms with Crippen molar-refractivity contribution in [2.45, 2.75) is 6.17 Å². The van der Waals surface area contributed by atoms with Gasteiger partial charge in [0, 0.05) is 18.8 Å². The first kappa shape index (κ1) is 22.3. The Bertz CT molecular complexity index is 1210. The number of anilines is 2. The summed E-state index contributed by atoms with van der Waals surface area (Å²) in [6.07, 6.45) is -0.533. The highest BCUT2D eigenvalue weighted by molar-refractivity contribution is 6.34. The number of nitrogens with zero attached hydrogens (tertiary/aromatic N) is 2. The zero-order chi connectivity index (χ0) is 23.5. The van der Waals surface area contributed by atoms with E-state index in [1.165, 1.54) is 0 Å². The molecule has 1 atom stereocenters. The fraction of sp³-hybridized carbons (Fsp3) is 0.231. The van der Waals surface area contributed by atoms with Crippen LogP contribution in [0.5, 0.6) is 5.75 Å². The molecule has 0 radical (unpaired) electrons. The van der Waals surface area contributed by atoms with Crippen LogP contribution in [0, 0.1) is 0 Å². The maximum absolute atomic E-state index is 13.5. The van der Waals surface area contributed by atoms with Crippen LogP contribution in [0.2, 0.25) is 5.02 Å². The van der Waals surface area contributed by atoms with E-state index in [0.29, 0.717) is 53.9 Å². The molecule has 3 aromatic rings. The second-order valence-electron chi connectivity index (χ2n) is 8.04. The molecular weight excluding hydrogens is 454 g/mol. The smallest absolute Gasteiger partial charge is 0.262 e. The first-order valence-electron chi connectivity index (χ1n) is 11.2. The molecule has 1 fully saturated rings. The Morgan fingerprint density at radius 3 is 2.53 bits per heavy atom. The van der Waals surface area contributed by atoms with Crippen molar-refractivity contribution >= 4 is 34.8 Å². The number of morpholine rings is 1. The van der Waals surface area contributed by atoms with Gasteiger partial charge in [0.2, 0.25) is 0 Å². The minimum atomic E-state index is -0.533. The molecule has 8 heteroatoms. The third kappa shape index (κ3) is 4.32. The highest BCUT2D eigenvalue weighted by Crippen LogP contribution is 2.34. The van der Waals surface area contributed by atoms with E-state index in [4.69, 9.17) is 21.1 Å². The van der Waals surface area contributed by atoms with E-state index in [0.717, 1.165) is 5.69 Å². The number of halogens is 1. The van der Waals surface area contributed by atoms with Gasteiger partial charge in [0.25, 0.3) is 11.8 Å². The van der Waals surface area contributed by atoms with E-state index in [9.17, 15) is 9.59 Å². The van der Waals surface area contributed by atoms with Crippen molar-refractivity contribution in [1.82, 2.24) is 4.90 Å². The topological polar surface area (TPSA) is 71.1 Å². The molecule has 1 N–H and O–H groups in total. The quantitative estimate of drug-likeness (QED) is 0.593. The monoisotopic (exact) mass is 477 g/mol. The fourth-order valence-electron chi connectivity index (χ4n) is 4.23.